The van der Waals surface area contributed by atoms with Gasteiger partial charge in [0.1, 0.15) is 16.7 Å². The van der Waals surface area contributed by atoms with Crippen LogP contribution in [0.25, 0.3) is 10.9 Å². The number of ether oxygens (including phenoxy) is 2. The third kappa shape index (κ3) is 5.77. The smallest absolute Gasteiger partial charge is 0.415 e. The van der Waals surface area contributed by atoms with Crippen molar-refractivity contribution >= 4 is 34.6 Å². The van der Waals surface area contributed by atoms with Gasteiger partial charge in [-0.05, 0) is 53.7 Å². The van der Waals surface area contributed by atoms with E-state index in [0.29, 0.717) is 37.5 Å². The Morgan fingerprint density at radius 2 is 1.59 bits per heavy atom. The summed E-state index contributed by atoms with van der Waals surface area (Å²) in [6.45, 7) is 13.6. The number of carbonyl (C=O) groups excluding carboxylic acids is 2. The first-order chi connectivity index (χ1) is 14.8. The van der Waals surface area contributed by atoms with Crippen LogP contribution < -0.4 is 9.80 Å². The van der Waals surface area contributed by atoms with E-state index in [9.17, 15) is 9.59 Å². The Balaban J connectivity index is 1.73. The first-order valence-electron chi connectivity index (χ1n) is 10.8. The molecule has 1 aliphatic heterocycles. The van der Waals surface area contributed by atoms with Gasteiger partial charge in [-0.25, -0.2) is 14.6 Å². The summed E-state index contributed by atoms with van der Waals surface area (Å²) in [5.41, 5.74) is 0.475. The summed E-state index contributed by atoms with van der Waals surface area (Å²) in [5, 5.41) is 0.873. The van der Waals surface area contributed by atoms with Crippen molar-refractivity contribution in [3.05, 3.63) is 24.5 Å². The predicted octanol–water partition coefficient (Wildman–Crippen LogP) is 4.06. The van der Waals surface area contributed by atoms with Crippen LogP contribution in [0.5, 0.6) is 0 Å². The second kappa shape index (κ2) is 8.80. The lowest BCUT2D eigenvalue weighted by molar-refractivity contribution is 0.0240. The van der Waals surface area contributed by atoms with Crippen LogP contribution in [0.4, 0.5) is 21.1 Å². The van der Waals surface area contributed by atoms with Crippen molar-refractivity contribution in [1.29, 1.82) is 0 Å². The van der Waals surface area contributed by atoms with Crippen LogP contribution in [0.2, 0.25) is 0 Å². The highest BCUT2D eigenvalue weighted by molar-refractivity contribution is 5.98. The molecule has 1 saturated heterocycles. The van der Waals surface area contributed by atoms with Crippen molar-refractivity contribution in [3.8, 4) is 0 Å². The number of aromatic nitrogens is 2. The number of anilines is 2. The molecule has 3 rings (SSSR count). The molecule has 0 bridgehead atoms. The number of hydrogen-bond donors (Lipinski definition) is 0. The lowest BCUT2D eigenvalue weighted by Gasteiger charge is -2.36. The normalized spacial score (nSPS) is 15.0. The quantitative estimate of drug-likeness (QED) is 0.692. The summed E-state index contributed by atoms with van der Waals surface area (Å²) >= 11 is 0. The minimum Gasteiger partial charge on any atom is -0.444 e. The average Bonchev–Trinajstić information content (AvgIpc) is 2.70. The average molecular weight is 444 g/mol. The Hall–Kier alpha value is -3.10. The van der Waals surface area contributed by atoms with Gasteiger partial charge in [0, 0.05) is 44.8 Å². The molecule has 9 nitrogen and oxygen atoms in total. The lowest BCUT2D eigenvalue weighted by atomic mass is 10.2. The maximum atomic E-state index is 12.5. The van der Waals surface area contributed by atoms with Gasteiger partial charge in [0.25, 0.3) is 0 Å². The topological polar surface area (TPSA) is 88.1 Å². The molecule has 174 valence electrons. The van der Waals surface area contributed by atoms with Crippen molar-refractivity contribution in [3.63, 3.8) is 0 Å². The summed E-state index contributed by atoms with van der Waals surface area (Å²) in [6.07, 6.45) is 2.67. The minimum atomic E-state index is -0.599. The molecule has 2 amide bonds. The van der Waals surface area contributed by atoms with Gasteiger partial charge < -0.3 is 19.3 Å². The van der Waals surface area contributed by atoms with Gasteiger partial charge in [-0.1, -0.05) is 0 Å². The Bertz CT molecular complexity index is 988. The van der Waals surface area contributed by atoms with Gasteiger partial charge in [0.05, 0.1) is 11.9 Å². The summed E-state index contributed by atoms with van der Waals surface area (Å²) in [7, 11) is 1.63. The van der Waals surface area contributed by atoms with Gasteiger partial charge in [0.15, 0.2) is 5.82 Å². The molecule has 9 heteroatoms. The first kappa shape index (κ1) is 23.6. The Labute approximate surface area is 189 Å². The molecule has 1 aliphatic rings. The number of nitrogens with zero attached hydrogens (tertiary/aromatic N) is 5. The van der Waals surface area contributed by atoms with E-state index < -0.39 is 17.3 Å². The lowest BCUT2D eigenvalue weighted by Crippen LogP contribution is -2.50. The maximum Gasteiger partial charge on any atom is 0.415 e. The van der Waals surface area contributed by atoms with Gasteiger partial charge >= 0.3 is 12.2 Å². The van der Waals surface area contributed by atoms with Crippen LogP contribution in [0, 0.1) is 0 Å². The fourth-order valence-corrected chi connectivity index (χ4v) is 3.34. The van der Waals surface area contributed by atoms with Crippen LogP contribution in [0.3, 0.4) is 0 Å². The van der Waals surface area contributed by atoms with Crippen molar-refractivity contribution in [2.75, 3.05) is 43.0 Å². The molecule has 2 aromatic heterocycles. The molecular weight excluding hydrogens is 410 g/mol. The molecule has 1 fully saturated rings. The number of piperazine rings is 1. The zero-order valence-corrected chi connectivity index (χ0v) is 20.0. The van der Waals surface area contributed by atoms with Crippen molar-refractivity contribution in [2.24, 2.45) is 0 Å². The van der Waals surface area contributed by atoms with E-state index in [1.165, 1.54) is 4.90 Å². The SMILES string of the molecule is CN(C(=O)OC(C)(C)C)c1nccc2cc(N3CCN(C(=O)OC(C)(C)C)CC3)cnc12. The molecule has 32 heavy (non-hydrogen) atoms. The van der Waals surface area contributed by atoms with Crippen LogP contribution >= 0.6 is 0 Å². The second-order valence-electron chi connectivity index (χ2n) is 9.89. The largest absolute Gasteiger partial charge is 0.444 e. The van der Waals surface area contributed by atoms with Gasteiger partial charge in [0.2, 0.25) is 0 Å². The van der Waals surface area contributed by atoms with Gasteiger partial charge in [-0.15, -0.1) is 0 Å². The summed E-state index contributed by atoms with van der Waals surface area (Å²) in [4.78, 5) is 39.0. The Kier molecular flexibility index (Phi) is 6.48. The molecule has 3 heterocycles. The van der Waals surface area contributed by atoms with Crippen LogP contribution in [-0.4, -0.2) is 71.5 Å². The number of pyridine rings is 2. The van der Waals surface area contributed by atoms with Crippen LogP contribution in [0.15, 0.2) is 24.5 Å². The highest BCUT2D eigenvalue weighted by Gasteiger charge is 2.27. The molecule has 0 saturated carbocycles. The third-order valence-electron chi connectivity index (χ3n) is 4.85. The molecule has 0 aliphatic carbocycles. The molecular formula is C23H33N5O4. The molecule has 0 spiro atoms. The molecule has 0 radical (unpaired) electrons. The third-order valence-corrected chi connectivity index (χ3v) is 4.85. The van der Waals surface area contributed by atoms with Crippen molar-refractivity contribution in [2.45, 2.75) is 52.7 Å². The standard InChI is InChI=1S/C23H33N5O4/c1-22(2,3)31-20(29)26(7)19-18-16(8-9-24-19)14-17(15-25-18)27-10-12-28(13-11-27)21(30)32-23(4,5)6/h8-9,14-15H,10-13H2,1-7H3. The maximum absolute atomic E-state index is 12.5. The van der Waals surface area contributed by atoms with E-state index in [2.05, 4.69) is 14.9 Å². The summed E-state index contributed by atoms with van der Waals surface area (Å²) in [5.74, 6) is 0.443. The van der Waals surface area contributed by atoms with E-state index in [4.69, 9.17) is 9.47 Å². The van der Waals surface area contributed by atoms with Gasteiger partial charge in [-0.2, -0.15) is 0 Å². The minimum absolute atomic E-state index is 0.283. The zero-order chi connectivity index (χ0) is 23.7. The highest BCUT2D eigenvalue weighted by Crippen LogP contribution is 2.27. The summed E-state index contributed by atoms with van der Waals surface area (Å²) in [6, 6.07) is 3.90. The number of rotatable bonds is 2. The number of fused-ring (bicyclic) bond motifs is 1. The van der Waals surface area contributed by atoms with E-state index >= 15 is 0 Å². The predicted molar refractivity (Wildman–Crippen MR) is 124 cm³/mol. The zero-order valence-electron chi connectivity index (χ0n) is 20.0. The van der Waals surface area contributed by atoms with E-state index in [1.807, 2.05) is 53.7 Å². The second-order valence-corrected chi connectivity index (χ2v) is 9.89. The molecule has 0 N–H and O–H groups in total. The monoisotopic (exact) mass is 443 g/mol. The van der Waals surface area contributed by atoms with E-state index in [-0.39, 0.29) is 6.09 Å². The molecule has 0 unspecified atom stereocenters. The Morgan fingerprint density at radius 3 is 2.19 bits per heavy atom. The molecule has 2 aromatic rings. The number of hydrogen-bond acceptors (Lipinski definition) is 7. The van der Waals surface area contributed by atoms with E-state index in [1.54, 1.807) is 24.3 Å². The van der Waals surface area contributed by atoms with Gasteiger partial charge in [-0.3, -0.25) is 9.88 Å². The number of amides is 2. The van der Waals surface area contributed by atoms with E-state index in [0.717, 1.165) is 11.1 Å². The van der Waals surface area contributed by atoms with Crippen molar-refractivity contribution in [1.82, 2.24) is 14.9 Å². The fourth-order valence-electron chi connectivity index (χ4n) is 3.34. The molecule has 0 aromatic carbocycles. The Morgan fingerprint density at radius 1 is 0.969 bits per heavy atom. The fraction of sp³-hybridized carbons (Fsp3) is 0.565. The summed E-state index contributed by atoms with van der Waals surface area (Å²) < 4.78 is 10.9. The van der Waals surface area contributed by atoms with Crippen LogP contribution in [0.1, 0.15) is 41.5 Å². The first-order valence-corrected chi connectivity index (χ1v) is 10.8. The van der Waals surface area contributed by atoms with Crippen molar-refractivity contribution < 1.29 is 19.1 Å². The van der Waals surface area contributed by atoms with Crippen LogP contribution in [-0.2, 0) is 9.47 Å². The number of carbonyl (C=O) groups is 2. The highest BCUT2D eigenvalue weighted by atomic mass is 16.6. The molecule has 0 atom stereocenters.